The van der Waals surface area contributed by atoms with E-state index in [2.05, 4.69) is 22.0 Å². The summed E-state index contributed by atoms with van der Waals surface area (Å²) in [7, 11) is 1.66. The van der Waals surface area contributed by atoms with Gasteiger partial charge in [-0.1, -0.05) is 19.8 Å². The molecule has 6 nitrogen and oxygen atoms in total. The first-order chi connectivity index (χ1) is 13.6. The molecule has 1 saturated carbocycles. The van der Waals surface area contributed by atoms with Gasteiger partial charge >= 0.3 is 0 Å². The van der Waals surface area contributed by atoms with Gasteiger partial charge in [-0.2, -0.15) is 0 Å². The molecule has 1 aromatic rings. The number of carbonyl (C=O) groups excluding carboxylic acids is 1. The van der Waals surface area contributed by atoms with Crippen molar-refractivity contribution in [3.05, 3.63) is 24.3 Å². The molecule has 1 aliphatic heterocycles. The summed E-state index contributed by atoms with van der Waals surface area (Å²) in [5.74, 6) is 2.51. The van der Waals surface area contributed by atoms with Crippen molar-refractivity contribution in [3.8, 4) is 11.5 Å². The lowest BCUT2D eigenvalue weighted by Crippen LogP contribution is -2.51. The molecule has 1 aliphatic carbocycles. The SMILES string of the molecule is COc1ccc(OCCN2CCN(CC(=O)N[C@H]3CCCC[C@H]3C)CC2)cc1. The summed E-state index contributed by atoms with van der Waals surface area (Å²) in [6.07, 6.45) is 4.92. The first-order valence-electron chi connectivity index (χ1n) is 10.6. The van der Waals surface area contributed by atoms with Crippen LogP contribution in [0.15, 0.2) is 24.3 Å². The zero-order valence-corrected chi connectivity index (χ0v) is 17.4. The van der Waals surface area contributed by atoms with Crippen LogP contribution >= 0.6 is 0 Å². The Labute approximate surface area is 169 Å². The standard InChI is InChI=1S/C22H35N3O3/c1-18-5-3-4-6-21(18)23-22(26)17-25-13-11-24(12-14-25)15-16-28-20-9-7-19(27-2)8-10-20/h7-10,18,21H,3-6,11-17H2,1-2H3,(H,23,26)/t18-,21+/m1/s1. The number of carbonyl (C=O) groups is 1. The molecule has 0 radical (unpaired) electrons. The van der Waals surface area contributed by atoms with Crippen LogP contribution in [-0.2, 0) is 4.79 Å². The third kappa shape index (κ3) is 6.38. The lowest BCUT2D eigenvalue weighted by molar-refractivity contribution is -0.124. The van der Waals surface area contributed by atoms with Gasteiger partial charge in [-0.15, -0.1) is 0 Å². The van der Waals surface area contributed by atoms with E-state index in [4.69, 9.17) is 9.47 Å². The molecule has 0 spiro atoms. The Morgan fingerprint density at radius 3 is 2.36 bits per heavy atom. The van der Waals surface area contributed by atoms with E-state index < -0.39 is 0 Å². The summed E-state index contributed by atoms with van der Waals surface area (Å²) < 4.78 is 11.0. The second kappa shape index (κ2) is 10.7. The van der Waals surface area contributed by atoms with Gasteiger partial charge in [0.15, 0.2) is 0 Å². The Balaban J connectivity index is 1.30. The lowest BCUT2D eigenvalue weighted by atomic mass is 9.86. The van der Waals surface area contributed by atoms with Gasteiger partial charge in [-0.25, -0.2) is 0 Å². The molecule has 1 N–H and O–H groups in total. The van der Waals surface area contributed by atoms with Gasteiger partial charge in [0, 0.05) is 38.8 Å². The number of piperazine rings is 1. The van der Waals surface area contributed by atoms with Crippen molar-refractivity contribution in [3.63, 3.8) is 0 Å². The van der Waals surface area contributed by atoms with E-state index in [1.54, 1.807) is 7.11 Å². The molecule has 0 unspecified atom stereocenters. The van der Waals surface area contributed by atoms with Crippen molar-refractivity contribution in [2.45, 2.75) is 38.6 Å². The highest BCUT2D eigenvalue weighted by Gasteiger charge is 2.24. The third-order valence-corrected chi connectivity index (χ3v) is 6.03. The molecule has 28 heavy (non-hydrogen) atoms. The van der Waals surface area contributed by atoms with E-state index in [0.717, 1.165) is 50.6 Å². The van der Waals surface area contributed by atoms with E-state index in [-0.39, 0.29) is 5.91 Å². The summed E-state index contributed by atoms with van der Waals surface area (Å²) in [6, 6.07) is 8.06. The number of nitrogens with one attached hydrogen (secondary N) is 1. The predicted molar refractivity (Wildman–Crippen MR) is 111 cm³/mol. The van der Waals surface area contributed by atoms with Gasteiger partial charge in [0.05, 0.1) is 13.7 Å². The molecule has 0 aromatic heterocycles. The Morgan fingerprint density at radius 1 is 1.04 bits per heavy atom. The number of hydrogen-bond acceptors (Lipinski definition) is 5. The molecule has 6 heteroatoms. The third-order valence-electron chi connectivity index (χ3n) is 6.03. The van der Waals surface area contributed by atoms with Gasteiger partial charge < -0.3 is 14.8 Å². The van der Waals surface area contributed by atoms with Crippen molar-refractivity contribution in [2.75, 3.05) is 53.0 Å². The van der Waals surface area contributed by atoms with Gasteiger partial charge in [0.1, 0.15) is 18.1 Å². The van der Waals surface area contributed by atoms with Crippen molar-refractivity contribution in [1.82, 2.24) is 15.1 Å². The number of amides is 1. The topological polar surface area (TPSA) is 54.0 Å². The average molecular weight is 390 g/mol. The van der Waals surface area contributed by atoms with Crippen molar-refractivity contribution < 1.29 is 14.3 Å². The summed E-state index contributed by atoms with van der Waals surface area (Å²) >= 11 is 0. The maximum absolute atomic E-state index is 12.4. The van der Waals surface area contributed by atoms with E-state index >= 15 is 0 Å². The first-order valence-corrected chi connectivity index (χ1v) is 10.6. The quantitative estimate of drug-likeness (QED) is 0.740. The molecule has 1 aromatic carbocycles. The molecule has 1 saturated heterocycles. The monoisotopic (exact) mass is 389 g/mol. The molecular weight excluding hydrogens is 354 g/mol. The second-order valence-corrected chi connectivity index (χ2v) is 8.08. The van der Waals surface area contributed by atoms with Crippen molar-refractivity contribution in [2.24, 2.45) is 5.92 Å². The highest BCUT2D eigenvalue weighted by molar-refractivity contribution is 5.78. The molecule has 3 rings (SSSR count). The van der Waals surface area contributed by atoms with Crippen molar-refractivity contribution in [1.29, 1.82) is 0 Å². The van der Waals surface area contributed by atoms with Crippen LogP contribution in [0, 0.1) is 5.92 Å². The maximum Gasteiger partial charge on any atom is 0.234 e. The van der Waals surface area contributed by atoms with E-state index in [1.165, 1.54) is 19.3 Å². The van der Waals surface area contributed by atoms with E-state index in [9.17, 15) is 4.79 Å². The van der Waals surface area contributed by atoms with Crippen LogP contribution in [0.1, 0.15) is 32.6 Å². The number of nitrogens with zero attached hydrogens (tertiary/aromatic N) is 2. The molecule has 156 valence electrons. The Kier molecular flexibility index (Phi) is 7.98. The first kappa shape index (κ1) is 20.9. The summed E-state index contributed by atoms with van der Waals surface area (Å²) in [5.41, 5.74) is 0. The molecule has 1 heterocycles. The molecule has 2 fully saturated rings. The summed E-state index contributed by atoms with van der Waals surface area (Å²) in [4.78, 5) is 17.1. The fourth-order valence-electron chi connectivity index (χ4n) is 4.12. The van der Waals surface area contributed by atoms with Gasteiger partial charge in [0.25, 0.3) is 0 Å². The molecule has 1 amide bonds. The highest BCUT2D eigenvalue weighted by Crippen LogP contribution is 2.23. The highest BCUT2D eigenvalue weighted by atomic mass is 16.5. The number of methoxy groups -OCH3 is 1. The number of benzene rings is 1. The number of hydrogen-bond donors (Lipinski definition) is 1. The minimum Gasteiger partial charge on any atom is -0.497 e. The van der Waals surface area contributed by atoms with Crippen LogP contribution in [0.4, 0.5) is 0 Å². The second-order valence-electron chi connectivity index (χ2n) is 8.08. The Hall–Kier alpha value is -1.79. The predicted octanol–water partition coefficient (Wildman–Crippen LogP) is 2.39. The van der Waals surface area contributed by atoms with Gasteiger partial charge in [-0.05, 0) is 43.0 Å². The largest absolute Gasteiger partial charge is 0.497 e. The minimum atomic E-state index is 0.190. The minimum absolute atomic E-state index is 0.190. The normalized spacial score (nSPS) is 23.9. The zero-order chi connectivity index (χ0) is 19.8. The van der Waals surface area contributed by atoms with Crippen LogP contribution in [0.2, 0.25) is 0 Å². The fourth-order valence-corrected chi connectivity index (χ4v) is 4.12. The lowest BCUT2D eigenvalue weighted by Gasteiger charge is -2.35. The van der Waals surface area contributed by atoms with Gasteiger partial charge in [-0.3, -0.25) is 14.6 Å². The van der Waals surface area contributed by atoms with Crippen LogP contribution in [0.5, 0.6) is 11.5 Å². The molecular formula is C22H35N3O3. The maximum atomic E-state index is 12.4. The number of ether oxygens (including phenoxy) is 2. The molecule has 0 bridgehead atoms. The smallest absolute Gasteiger partial charge is 0.234 e. The molecule has 2 atom stereocenters. The van der Waals surface area contributed by atoms with Crippen molar-refractivity contribution >= 4 is 5.91 Å². The van der Waals surface area contributed by atoms with Crippen LogP contribution < -0.4 is 14.8 Å². The summed E-state index contributed by atoms with van der Waals surface area (Å²) in [6.45, 7) is 8.22. The van der Waals surface area contributed by atoms with Crippen LogP contribution in [0.25, 0.3) is 0 Å². The average Bonchev–Trinajstić information content (AvgIpc) is 2.71. The van der Waals surface area contributed by atoms with Crippen LogP contribution in [0.3, 0.4) is 0 Å². The van der Waals surface area contributed by atoms with E-state index in [1.807, 2.05) is 24.3 Å². The number of rotatable bonds is 8. The Morgan fingerprint density at radius 2 is 1.68 bits per heavy atom. The summed E-state index contributed by atoms with van der Waals surface area (Å²) in [5, 5.41) is 3.26. The fraction of sp³-hybridized carbons (Fsp3) is 0.682. The molecule has 2 aliphatic rings. The van der Waals surface area contributed by atoms with Crippen LogP contribution in [-0.4, -0.2) is 74.7 Å². The zero-order valence-electron chi connectivity index (χ0n) is 17.4. The van der Waals surface area contributed by atoms with Gasteiger partial charge in [0.2, 0.25) is 5.91 Å². The Bertz CT molecular complexity index is 600. The van der Waals surface area contributed by atoms with E-state index in [0.29, 0.717) is 25.1 Å².